The van der Waals surface area contributed by atoms with Gasteiger partial charge in [-0.2, -0.15) is 0 Å². The van der Waals surface area contributed by atoms with E-state index in [0.717, 1.165) is 0 Å². The average Bonchev–Trinajstić information content (AvgIpc) is 1.99. The van der Waals surface area contributed by atoms with Gasteiger partial charge in [-0.3, -0.25) is 9.36 Å². The molecule has 0 spiro atoms. The molecule has 1 aromatic rings. The van der Waals surface area contributed by atoms with Crippen LogP contribution >= 0.6 is 0 Å². The Morgan fingerprint density at radius 2 is 2.09 bits per heavy atom. The van der Waals surface area contributed by atoms with E-state index in [4.69, 9.17) is 11.5 Å². The standard InChI is InChI=1S/C7H11N3O/c1-2-10-6(11)4-3-5(8)7(10)9/h3-4H,2,8-9H2,1H3. The first kappa shape index (κ1) is 7.65. The van der Waals surface area contributed by atoms with Gasteiger partial charge in [0.2, 0.25) is 0 Å². The van der Waals surface area contributed by atoms with E-state index >= 15 is 0 Å². The third kappa shape index (κ3) is 1.19. The van der Waals surface area contributed by atoms with E-state index in [1.54, 1.807) is 0 Å². The molecular formula is C7H11N3O. The van der Waals surface area contributed by atoms with Crippen molar-refractivity contribution >= 4 is 11.5 Å². The fourth-order valence-electron chi connectivity index (χ4n) is 0.937. The molecule has 11 heavy (non-hydrogen) atoms. The van der Waals surface area contributed by atoms with Gasteiger partial charge in [0.25, 0.3) is 5.56 Å². The van der Waals surface area contributed by atoms with E-state index in [1.165, 1.54) is 16.7 Å². The van der Waals surface area contributed by atoms with E-state index in [2.05, 4.69) is 0 Å². The van der Waals surface area contributed by atoms with E-state index in [0.29, 0.717) is 18.1 Å². The highest BCUT2D eigenvalue weighted by Crippen LogP contribution is 2.09. The van der Waals surface area contributed by atoms with Crippen molar-refractivity contribution in [3.05, 3.63) is 22.5 Å². The monoisotopic (exact) mass is 153 g/mol. The third-order valence-corrected chi connectivity index (χ3v) is 1.57. The van der Waals surface area contributed by atoms with Crippen LogP contribution in [0.3, 0.4) is 0 Å². The Hall–Kier alpha value is -1.45. The maximum Gasteiger partial charge on any atom is 0.252 e. The molecule has 0 aliphatic carbocycles. The van der Waals surface area contributed by atoms with Gasteiger partial charge in [-0.1, -0.05) is 0 Å². The van der Waals surface area contributed by atoms with Crippen molar-refractivity contribution in [2.24, 2.45) is 0 Å². The van der Waals surface area contributed by atoms with Crippen LogP contribution in [0.1, 0.15) is 6.92 Å². The summed E-state index contributed by atoms with van der Waals surface area (Å²) in [6.07, 6.45) is 0. The quantitative estimate of drug-likeness (QED) is 0.597. The number of nitrogens with zero attached hydrogens (tertiary/aromatic N) is 1. The van der Waals surface area contributed by atoms with Crippen LogP contribution in [0, 0.1) is 0 Å². The Bertz CT molecular complexity index is 316. The van der Waals surface area contributed by atoms with Gasteiger partial charge in [-0.15, -0.1) is 0 Å². The normalized spacial score (nSPS) is 9.91. The second-order valence-corrected chi connectivity index (χ2v) is 2.26. The summed E-state index contributed by atoms with van der Waals surface area (Å²) >= 11 is 0. The Morgan fingerprint density at radius 3 is 2.55 bits per heavy atom. The van der Waals surface area contributed by atoms with Crippen molar-refractivity contribution in [1.82, 2.24) is 4.57 Å². The first-order chi connectivity index (χ1) is 5.16. The molecule has 0 radical (unpaired) electrons. The van der Waals surface area contributed by atoms with Crippen LogP contribution in [0.4, 0.5) is 11.5 Å². The lowest BCUT2D eigenvalue weighted by Gasteiger charge is -2.07. The molecule has 0 aliphatic heterocycles. The largest absolute Gasteiger partial charge is 0.396 e. The van der Waals surface area contributed by atoms with Gasteiger partial charge < -0.3 is 11.5 Å². The predicted octanol–water partition coefficient (Wildman–Crippen LogP) is 0.0326. The topological polar surface area (TPSA) is 74.0 Å². The summed E-state index contributed by atoms with van der Waals surface area (Å²) in [6, 6.07) is 2.93. The zero-order chi connectivity index (χ0) is 8.43. The lowest BCUT2D eigenvalue weighted by atomic mass is 10.4. The van der Waals surface area contributed by atoms with Gasteiger partial charge in [-0.25, -0.2) is 0 Å². The molecular weight excluding hydrogens is 142 g/mol. The molecule has 0 atom stereocenters. The predicted molar refractivity (Wildman–Crippen MR) is 45.2 cm³/mol. The zero-order valence-corrected chi connectivity index (χ0v) is 6.37. The molecule has 1 aromatic heterocycles. The molecule has 0 saturated carbocycles. The molecule has 0 unspecified atom stereocenters. The Balaban J connectivity index is 3.41. The number of nitrogens with two attached hydrogens (primary N) is 2. The Labute approximate surface area is 64.4 Å². The zero-order valence-electron chi connectivity index (χ0n) is 6.37. The van der Waals surface area contributed by atoms with Crippen molar-refractivity contribution in [2.75, 3.05) is 11.5 Å². The summed E-state index contributed by atoms with van der Waals surface area (Å²) < 4.78 is 1.43. The van der Waals surface area contributed by atoms with E-state index < -0.39 is 0 Å². The van der Waals surface area contributed by atoms with Crippen LogP contribution in [-0.4, -0.2) is 4.57 Å². The van der Waals surface area contributed by atoms with Crippen molar-refractivity contribution in [3.63, 3.8) is 0 Å². The number of hydrogen-bond acceptors (Lipinski definition) is 3. The average molecular weight is 153 g/mol. The van der Waals surface area contributed by atoms with Crippen LogP contribution in [0.5, 0.6) is 0 Å². The summed E-state index contributed by atoms with van der Waals surface area (Å²) in [5, 5.41) is 0. The SMILES string of the molecule is CCn1c(N)c(N)ccc1=O. The van der Waals surface area contributed by atoms with E-state index in [9.17, 15) is 4.79 Å². The number of pyridine rings is 1. The highest BCUT2D eigenvalue weighted by molar-refractivity contribution is 5.57. The van der Waals surface area contributed by atoms with Gasteiger partial charge in [-0.05, 0) is 13.0 Å². The minimum absolute atomic E-state index is 0.112. The fourth-order valence-corrected chi connectivity index (χ4v) is 0.937. The number of nitrogen functional groups attached to an aromatic ring is 2. The first-order valence-corrected chi connectivity index (χ1v) is 3.41. The summed E-state index contributed by atoms with van der Waals surface area (Å²) in [4.78, 5) is 11.1. The highest BCUT2D eigenvalue weighted by atomic mass is 16.1. The van der Waals surface area contributed by atoms with Crippen LogP contribution in [0.2, 0.25) is 0 Å². The summed E-state index contributed by atoms with van der Waals surface area (Å²) in [5.74, 6) is 0.347. The molecule has 0 amide bonds. The second-order valence-electron chi connectivity index (χ2n) is 2.26. The molecule has 4 heteroatoms. The maximum atomic E-state index is 11.1. The van der Waals surface area contributed by atoms with E-state index in [-0.39, 0.29) is 5.56 Å². The van der Waals surface area contributed by atoms with Gasteiger partial charge in [0.1, 0.15) is 5.82 Å². The Kier molecular flexibility index (Phi) is 1.85. The molecule has 0 aromatic carbocycles. The first-order valence-electron chi connectivity index (χ1n) is 3.41. The smallest absolute Gasteiger partial charge is 0.252 e. The molecule has 1 heterocycles. The number of hydrogen-bond donors (Lipinski definition) is 2. The minimum atomic E-state index is -0.112. The van der Waals surface area contributed by atoms with Crippen LogP contribution in [0.25, 0.3) is 0 Å². The third-order valence-electron chi connectivity index (χ3n) is 1.57. The summed E-state index contributed by atoms with van der Waals surface area (Å²) in [5.41, 5.74) is 11.4. The van der Waals surface area contributed by atoms with Crippen molar-refractivity contribution in [1.29, 1.82) is 0 Å². The van der Waals surface area contributed by atoms with Crippen LogP contribution < -0.4 is 17.0 Å². The summed E-state index contributed by atoms with van der Waals surface area (Å²) in [7, 11) is 0. The maximum absolute atomic E-state index is 11.1. The molecule has 4 N–H and O–H groups in total. The van der Waals surface area contributed by atoms with Crippen LogP contribution in [0.15, 0.2) is 16.9 Å². The molecule has 0 aliphatic rings. The minimum Gasteiger partial charge on any atom is -0.396 e. The second kappa shape index (κ2) is 2.65. The van der Waals surface area contributed by atoms with Gasteiger partial charge in [0, 0.05) is 12.6 Å². The lowest BCUT2D eigenvalue weighted by Crippen LogP contribution is -2.22. The number of rotatable bonds is 1. The molecule has 4 nitrogen and oxygen atoms in total. The van der Waals surface area contributed by atoms with Crippen molar-refractivity contribution < 1.29 is 0 Å². The van der Waals surface area contributed by atoms with Crippen molar-refractivity contribution in [3.8, 4) is 0 Å². The number of aromatic nitrogens is 1. The van der Waals surface area contributed by atoms with Gasteiger partial charge >= 0.3 is 0 Å². The van der Waals surface area contributed by atoms with Crippen molar-refractivity contribution in [2.45, 2.75) is 13.5 Å². The number of anilines is 2. The summed E-state index contributed by atoms with van der Waals surface area (Å²) in [6.45, 7) is 2.40. The highest BCUT2D eigenvalue weighted by Gasteiger charge is 2.00. The molecule has 1 rings (SSSR count). The van der Waals surface area contributed by atoms with Crippen LogP contribution in [-0.2, 0) is 6.54 Å². The molecule has 0 saturated heterocycles. The van der Waals surface area contributed by atoms with E-state index in [1.807, 2.05) is 6.92 Å². The molecule has 0 fully saturated rings. The Morgan fingerprint density at radius 1 is 1.45 bits per heavy atom. The van der Waals surface area contributed by atoms with Gasteiger partial charge in [0.05, 0.1) is 5.69 Å². The fraction of sp³-hybridized carbons (Fsp3) is 0.286. The van der Waals surface area contributed by atoms with Gasteiger partial charge in [0.15, 0.2) is 0 Å². The molecule has 60 valence electrons. The molecule has 0 bridgehead atoms. The lowest BCUT2D eigenvalue weighted by molar-refractivity contribution is 0.740.